The summed E-state index contributed by atoms with van der Waals surface area (Å²) < 4.78 is 0. The van der Waals surface area contributed by atoms with Crippen LogP contribution in [-0.2, 0) is 16.2 Å². The van der Waals surface area contributed by atoms with Gasteiger partial charge < -0.3 is 30.7 Å². The van der Waals surface area contributed by atoms with Crippen molar-refractivity contribution in [3.8, 4) is 0 Å². The molecular weight excluding hydrogens is 889 g/mol. The van der Waals surface area contributed by atoms with Gasteiger partial charge in [0.25, 0.3) is 0 Å². The zero-order valence-corrected chi connectivity index (χ0v) is 42.3. The Morgan fingerprint density at radius 1 is 0.361 bits per heavy atom. The topological polar surface area (TPSA) is 122 Å². The molecule has 0 bridgehead atoms. The highest BCUT2D eigenvalue weighted by Gasteiger charge is 2.40. The summed E-state index contributed by atoms with van der Waals surface area (Å²) in [4.78, 5) is 35.4. The second kappa shape index (κ2) is 18.9. The van der Waals surface area contributed by atoms with Gasteiger partial charge in [-0.1, -0.05) is 96.1 Å². The molecule has 4 heterocycles. The number of likely N-dealkylation sites (N-methyl/N-ethyl adjacent to an activating group) is 3. The maximum Gasteiger partial charge on any atom is 0.233 e. The standard InChI is InChI=1S/C60H60N12/c1-58(2)46-16-10-13-19-49(46)70(7)52(58)34-37-61-40-22-28-43(29-23-40)64-55-67-56(65-44-30-24-41(25-31-44)62-38-35-53-59(3,4)47-17-11-14-20-50(47)71(53)8)69-57(68-55)66-45-32-26-42(27-33-45)63-39-36-54-60(5,6)48-18-12-15-21-51(48)72(54)9/h10-39H,1-9H3,(H3,64,65,66,67,68,69)/b52-34+,53-35+,54-36+,61-37?,62-38?,63-39?. The molecule has 360 valence electrons. The van der Waals surface area contributed by atoms with Crippen LogP contribution in [0.5, 0.6) is 0 Å². The molecule has 7 aromatic rings. The molecule has 0 fully saturated rings. The van der Waals surface area contributed by atoms with E-state index in [9.17, 15) is 0 Å². The number of nitrogens with zero attached hydrogens (tertiary/aromatic N) is 9. The highest BCUT2D eigenvalue weighted by molar-refractivity contribution is 5.83. The van der Waals surface area contributed by atoms with E-state index in [0.29, 0.717) is 17.8 Å². The minimum absolute atomic E-state index is 0.124. The fourth-order valence-corrected chi connectivity index (χ4v) is 10.3. The van der Waals surface area contributed by atoms with Crippen LogP contribution in [0.2, 0.25) is 0 Å². The second-order valence-electron chi connectivity index (χ2n) is 19.9. The van der Waals surface area contributed by atoms with Gasteiger partial charge in [-0.25, -0.2) is 0 Å². The molecular formula is C60H60N12. The van der Waals surface area contributed by atoms with Gasteiger partial charge in [0.1, 0.15) is 0 Å². The number of allylic oxidation sites excluding steroid dienone is 6. The van der Waals surface area contributed by atoms with Crippen molar-refractivity contribution in [3.05, 3.63) is 198 Å². The third-order valence-electron chi connectivity index (χ3n) is 14.2. The van der Waals surface area contributed by atoms with Crippen molar-refractivity contribution in [2.45, 2.75) is 57.8 Å². The number of rotatable bonds is 12. The average molecular weight is 949 g/mol. The molecule has 0 saturated carbocycles. The lowest BCUT2D eigenvalue weighted by molar-refractivity contribution is 0.641. The van der Waals surface area contributed by atoms with E-state index in [2.05, 4.69) is 184 Å². The zero-order chi connectivity index (χ0) is 50.2. The monoisotopic (exact) mass is 949 g/mol. The summed E-state index contributed by atoms with van der Waals surface area (Å²) in [6.45, 7) is 13.5. The first-order valence-corrected chi connectivity index (χ1v) is 24.3. The van der Waals surface area contributed by atoms with Crippen LogP contribution in [0, 0.1) is 0 Å². The largest absolute Gasteiger partial charge is 0.347 e. The van der Waals surface area contributed by atoms with Gasteiger partial charge in [-0.15, -0.1) is 0 Å². The first kappa shape index (κ1) is 47.1. The van der Waals surface area contributed by atoms with Crippen molar-refractivity contribution in [3.63, 3.8) is 0 Å². The van der Waals surface area contributed by atoms with Crippen LogP contribution in [0.1, 0.15) is 58.2 Å². The summed E-state index contributed by atoms with van der Waals surface area (Å²) in [5, 5.41) is 10.1. The van der Waals surface area contributed by atoms with E-state index in [4.69, 9.17) is 29.9 Å². The van der Waals surface area contributed by atoms with Crippen molar-refractivity contribution in [1.29, 1.82) is 0 Å². The van der Waals surface area contributed by atoms with Crippen LogP contribution in [0.4, 0.5) is 69.0 Å². The molecule has 72 heavy (non-hydrogen) atoms. The predicted octanol–water partition coefficient (Wildman–Crippen LogP) is 14.1. The minimum Gasteiger partial charge on any atom is -0.347 e. The molecule has 0 atom stereocenters. The Morgan fingerprint density at radius 2 is 0.611 bits per heavy atom. The van der Waals surface area contributed by atoms with Gasteiger partial charge in [0.05, 0.1) is 17.1 Å². The Balaban J connectivity index is 0.854. The third-order valence-corrected chi connectivity index (χ3v) is 14.2. The fraction of sp³-hybridized carbons (Fsp3) is 0.200. The maximum atomic E-state index is 4.79. The molecule has 12 nitrogen and oxygen atoms in total. The number of para-hydroxylation sites is 3. The smallest absolute Gasteiger partial charge is 0.233 e. The summed E-state index contributed by atoms with van der Waals surface area (Å²) in [5.41, 5.74) is 15.6. The van der Waals surface area contributed by atoms with Crippen molar-refractivity contribution >= 4 is 87.7 Å². The van der Waals surface area contributed by atoms with Gasteiger partial charge in [0.15, 0.2) is 0 Å². The number of hydrogen-bond acceptors (Lipinski definition) is 12. The Labute approximate surface area is 423 Å². The summed E-state index contributed by atoms with van der Waals surface area (Å²) in [6, 6.07) is 49.2. The first-order valence-electron chi connectivity index (χ1n) is 24.3. The molecule has 6 aromatic carbocycles. The Kier molecular flexibility index (Phi) is 12.4. The summed E-state index contributed by atoms with van der Waals surface area (Å²) in [5.74, 6) is 1.07. The average Bonchev–Trinajstić information content (AvgIpc) is 3.79. The van der Waals surface area contributed by atoms with Crippen molar-refractivity contribution < 1.29 is 0 Å². The van der Waals surface area contributed by atoms with E-state index < -0.39 is 0 Å². The number of fused-ring (bicyclic) bond motifs is 3. The van der Waals surface area contributed by atoms with E-state index in [1.165, 1.54) is 50.8 Å². The van der Waals surface area contributed by atoms with E-state index in [0.717, 1.165) is 34.1 Å². The Bertz CT molecular complexity index is 2970. The minimum atomic E-state index is -0.124. The lowest BCUT2D eigenvalue weighted by Gasteiger charge is -2.23. The van der Waals surface area contributed by atoms with Gasteiger partial charge in [-0.3, -0.25) is 15.0 Å². The molecule has 3 aliphatic heterocycles. The number of aromatic nitrogens is 3. The lowest BCUT2D eigenvalue weighted by Crippen LogP contribution is -2.23. The molecule has 0 spiro atoms. The molecule has 10 rings (SSSR count). The molecule has 12 heteroatoms. The fourth-order valence-electron chi connectivity index (χ4n) is 10.3. The van der Waals surface area contributed by atoms with Crippen molar-refractivity contribution in [1.82, 2.24) is 15.0 Å². The quantitative estimate of drug-likeness (QED) is 0.103. The number of hydrogen-bond donors (Lipinski definition) is 3. The number of benzene rings is 6. The highest BCUT2D eigenvalue weighted by atomic mass is 15.3. The van der Waals surface area contributed by atoms with Crippen LogP contribution >= 0.6 is 0 Å². The molecule has 0 amide bonds. The van der Waals surface area contributed by atoms with Gasteiger partial charge in [0.2, 0.25) is 17.8 Å². The van der Waals surface area contributed by atoms with Crippen LogP contribution in [0.15, 0.2) is 196 Å². The van der Waals surface area contributed by atoms with Crippen LogP contribution in [-0.4, -0.2) is 54.7 Å². The Morgan fingerprint density at radius 3 is 0.861 bits per heavy atom. The molecule has 3 N–H and O–H groups in total. The molecule has 0 aliphatic carbocycles. The van der Waals surface area contributed by atoms with E-state index >= 15 is 0 Å². The van der Waals surface area contributed by atoms with Crippen molar-refractivity contribution in [2.75, 3.05) is 51.8 Å². The predicted molar refractivity (Wildman–Crippen MR) is 301 cm³/mol. The van der Waals surface area contributed by atoms with Crippen LogP contribution in [0.25, 0.3) is 0 Å². The summed E-state index contributed by atoms with van der Waals surface area (Å²) in [7, 11) is 6.33. The number of anilines is 9. The summed E-state index contributed by atoms with van der Waals surface area (Å²) in [6.07, 6.45) is 11.9. The second-order valence-corrected chi connectivity index (χ2v) is 19.9. The molecule has 0 saturated heterocycles. The summed E-state index contributed by atoms with van der Waals surface area (Å²) >= 11 is 0. The van der Waals surface area contributed by atoms with E-state index in [1.807, 2.05) is 91.4 Å². The first-order chi connectivity index (χ1) is 34.7. The van der Waals surface area contributed by atoms with Crippen LogP contribution < -0.4 is 30.7 Å². The molecule has 0 unspecified atom stereocenters. The normalized spacial score (nSPS) is 18.0. The SMILES string of the molecule is CN1/C(=C/C=Nc2ccc(Nc3nc(Nc4ccc(N=C/C=C5/N(C)c6ccccc6C5(C)C)cc4)nc(Nc4ccc(N=C/C=C5/N(C)c6ccccc6C5(C)C)cc4)n3)cc2)C(C)(C)c2ccccc21. The third kappa shape index (κ3) is 9.14. The van der Waals surface area contributed by atoms with E-state index in [1.54, 1.807) is 0 Å². The van der Waals surface area contributed by atoms with E-state index in [-0.39, 0.29) is 16.2 Å². The van der Waals surface area contributed by atoms with Gasteiger partial charge >= 0.3 is 0 Å². The van der Waals surface area contributed by atoms with Crippen LogP contribution in [0.3, 0.4) is 0 Å². The molecule has 3 aliphatic rings. The number of nitrogens with one attached hydrogen (secondary N) is 3. The maximum absolute atomic E-state index is 4.79. The van der Waals surface area contributed by atoms with Gasteiger partial charge in [0, 0.05) is 107 Å². The molecule has 0 radical (unpaired) electrons. The van der Waals surface area contributed by atoms with Crippen molar-refractivity contribution in [2.24, 2.45) is 15.0 Å². The number of aliphatic imine (C=N–C) groups is 3. The highest BCUT2D eigenvalue weighted by Crippen LogP contribution is 2.48. The molecule has 1 aromatic heterocycles. The van der Waals surface area contributed by atoms with Gasteiger partial charge in [-0.05, 0) is 126 Å². The lowest BCUT2D eigenvalue weighted by atomic mass is 9.84. The van der Waals surface area contributed by atoms with Gasteiger partial charge in [-0.2, -0.15) is 15.0 Å². The Hall–Kier alpha value is -8.64. The zero-order valence-electron chi connectivity index (χ0n) is 42.3.